The van der Waals surface area contributed by atoms with Crippen LogP contribution in [-0.2, 0) is 4.79 Å². The van der Waals surface area contributed by atoms with Crippen LogP contribution in [0.2, 0.25) is 0 Å². The van der Waals surface area contributed by atoms with Gasteiger partial charge in [-0.15, -0.1) is 11.8 Å². The molecule has 1 unspecified atom stereocenters. The van der Waals surface area contributed by atoms with Crippen LogP contribution in [0.1, 0.15) is 31.9 Å². The van der Waals surface area contributed by atoms with Crippen molar-refractivity contribution in [3.63, 3.8) is 0 Å². The number of rotatable bonds is 4. The van der Waals surface area contributed by atoms with Gasteiger partial charge in [0.1, 0.15) is 0 Å². The summed E-state index contributed by atoms with van der Waals surface area (Å²) in [5.41, 5.74) is 0.201. The average molecular weight is 322 g/mol. The highest BCUT2D eigenvalue weighted by molar-refractivity contribution is 7.98. The number of benzene rings is 1. The van der Waals surface area contributed by atoms with Gasteiger partial charge in [0.25, 0.3) is 0 Å². The second-order valence-electron chi connectivity index (χ2n) is 5.98. The molecule has 0 bridgehead atoms. The molecule has 120 valence electrons. The van der Waals surface area contributed by atoms with Gasteiger partial charge in [0, 0.05) is 18.0 Å². The van der Waals surface area contributed by atoms with E-state index in [9.17, 15) is 14.7 Å². The number of nitrogens with one attached hydrogen (secondary N) is 1. The molecule has 0 aromatic heterocycles. The molecule has 0 aliphatic carbocycles. The second kappa shape index (κ2) is 6.60. The van der Waals surface area contributed by atoms with Gasteiger partial charge >= 0.3 is 12.0 Å². The summed E-state index contributed by atoms with van der Waals surface area (Å²) in [5.74, 6) is -0.844. The number of amides is 2. The first-order valence-electron chi connectivity index (χ1n) is 7.28. The zero-order valence-electron chi connectivity index (χ0n) is 13.1. The minimum atomic E-state index is -0.844. The van der Waals surface area contributed by atoms with Gasteiger partial charge in [0.05, 0.1) is 11.5 Å². The molecular formula is C16H22N2O3S. The van der Waals surface area contributed by atoms with Gasteiger partial charge in [-0.3, -0.25) is 4.79 Å². The van der Waals surface area contributed by atoms with Gasteiger partial charge in [-0.2, -0.15) is 0 Å². The fraction of sp³-hybridized carbons (Fsp3) is 0.500. The third-order valence-corrected chi connectivity index (χ3v) is 4.98. The summed E-state index contributed by atoms with van der Waals surface area (Å²) in [4.78, 5) is 26.3. The molecule has 2 rings (SSSR count). The van der Waals surface area contributed by atoms with E-state index in [-0.39, 0.29) is 18.6 Å². The summed E-state index contributed by atoms with van der Waals surface area (Å²) < 4.78 is 0. The maximum Gasteiger partial charge on any atom is 0.317 e. The molecule has 2 atom stereocenters. The number of carboxylic acid groups (broad SMARTS) is 1. The van der Waals surface area contributed by atoms with E-state index >= 15 is 0 Å². The Morgan fingerprint density at radius 3 is 2.50 bits per heavy atom. The van der Waals surface area contributed by atoms with Crippen LogP contribution in [0.5, 0.6) is 0 Å². The number of likely N-dealkylation sites (tertiary alicyclic amines) is 1. The number of thioether (sulfide) groups is 1. The van der Waals surface area contributed by atoms with E-state index < -0.39 is 11.4 Å². The topological polar surface area (TPSA) is 69.6 Å². The Balaban J connectivity index is 1.95. The zero-order valence-corrected chi connectivity index (χ0v) is 13.9. The Bertz CT molecular complexity index is 561. The number of carbonyl (C=O) groups is 2. The van der Waals surface area contributed by atoms with Crippen molar-refractivity contribution >= 4 is 23.8 Å². The highest BCUT2D eigenvalue weighted by atomic mass is 32.2. The molecule has 1 heterocycles. The van der Waals surface area contributed by atoms with Crippen molar-refractivity contribution in [1.29, 1.82) is 0 Å². The highest BCUT2D eigenvalue weighted by Crippen LogP contribution is 2.30. The molecule has 1 aliphatic heterocycles. The number of aliphatic carboxylic acids is 1. The van der Waals surface area contributed by atoms with E-state index in [2.05, 4.69) is 5.32 Å². The predicted molar refractivity (Wildman–Crippen MR) is 87.1 cm³/mol. The summed E-state index contributed by atoms with van der Waals surface area (Å²) in [5, 5.41) is 12.2. The van der Waals surface area contributed by atoms with Crippen molar-refractivity contribution < 1.29 is 14.7 Å². The fourth-order valence-corrected chi connectivity index (χ4v) is 2.97. The molecule has 1 saturated heterocycles. The van der Waals surface area contributed by atoms with Crippen LogP contribution in [-0.4, -0.2) is 41.4 Å². The van der Waals surface area contributed by atoms with Crippen molar-refractivity contribution in [2.75, 3.05) is 19.3 Å². The molecule has 1 fully saturated rings. The van der Waals surface area contributed by atoms with E-state index in [1.54, 1.807) is 23.6 Å². The van der Waals surface area contributed by atoms with Crippen LogP contribution in [0.15, 0.2) is 29.2 Å². The number of hydrogen-bond acceptors (Lipinski definition) is 3. The largest absolute Gasteiger partial charge is 0.481 e. The maximum absolute atomic E-state index is 12.3. The third-order valence-electron chi connectivity index (χ3n) is 4.23. The lowest BCUT2D eigenvalue weighted by Crippen LogP contribution is -2.41. The molecule has 1 aliphatic rings. The lowest BCUT2D eigenvalue weighted by molar-refractivity contribution is -0.146. The summed E-state index contributed by atoms with van der Waals surface area (Å²) in [6.07, 6.45) is 2.51. The molecule has 5 nitrogen and oxygen atoms in total. The quantitative estimate of drug-likeness (QED) is 0.836. The number of carbonyl (C=O) groups excluding carboxylic acids is 1. The summed E-state index contributed by atoms with van der Waals surface area (Å²) in [7, 11) is 0. The molecule has 2 amide bonds. The normalized spacial score (nSPS) is 22.4. The standard InChI is InChI=1S/C16H22N2O3S/c1-11(12-4-6-13(22-3)7-5-12)17-15(21)18-9-8-16(2,10-18)14(19)20/h4-7,11H,8-10H2,1-3H3,(H,17,21)(H,19,20)/t11-,16?/m1/s1. The molecule has 1 aromatic carbocycles. The number of urea groups is 1. The maximum atomic E-state index is 12.3. The van der Waals surface area contributed by atoms with Crippen molar-refractivity contribution in [2.45, 2.75) is 31.2 Å². The summed E-state index contributed by atoms with van der Waals surface area (Å²) >= 11 is 1.67. The van der Waals surface area contributed by atoms with Crippen LogP contribution in [0, 0.1) is 5.41 Å². The van der Waals surface area contributed by atoms with E-state index in [4.69, 9.17) is 0 Å². The van der Waals surface area contributed by atoms with Crippen molar-refractivity contribution in [3.8, 4) is 0 Å². The van der Waals surface area contributed by atoms with Gasteiger partial charge in [-0.05, 0) is 44.2 Å². The molecule has 0 radical (unpaired) electrons. The second-order valence-corrected chi connectivity index (χ2v) is 6.86. The SMILES string of the molecule is CSc1ccc([C@@H](C)NC(=O)N2CCC(C)(C(=O)O)C2)cc1. The Kier molecular flexibility index (Phi) is 5.01. The summed E-state index contributed by atoms with van der Waals surface area (Å²) in [6, 6.07) is 7.75. The first kappa shape index (κ1) is 16.7. The average Bonchev–Trinajstić information content (AvgIpc) is 2.91. The lowest BCUT2D eigenvalue weighted by atomic mass is 9.90. The smallest absolute Gasteiger partial charge is 0.317 e. The Morgan fingerprint density at radius 2 is 2.00 bits per heavy atom. The van der Waals surface area contributed by atoms with Crippen LogP contribution < -0.4 is 5.32 Å². The van der Waals surface area contributed by atoms with E-state index in [0.29, 0.717) is 13.0 Å². The van der Waals surface area contributed by atoms with Crippen molar-refractivity contribution in [3.05, 3.63) is 29.8 Å². The highest BCUT2D eigenvalue weighted by Gasteiger charge is 2.42. The first-order chi connectivity index (χ1) is 10.4. The molecule has 0 saturated carbocycles. The minimum Gasteiger partial charge on any atom is -0.481 e. The van der Waals surface area contributed by atoms with Crippen LogP contribution in [0.4, 0.5) is 4.79 Å². The summed E-state index contributed by atoms with van der Waals surface area (Å²) in [6.45, 7) is 4.35. The fourth-order valence-electron chi connectivity index (χ4n) is 2.56. The molecule has 2 N–H and O–H groups in total. The van der Waals surface area contributed by atoms with E-state index in [1.165, 1.54) is 4.90 Å². The zero-order chi connectivity index (χ0) is 16.3. The molecular weight excluding hydrogens is 300 g/mol. The van der Waals surface area contributed by atoms with Gasteiger partial charge in [0.15, 0.2) is 0 Å². The van der Waals surface area contributed by atoms with Crippen LogP contribution in [0.3, 0.4) is 0 Å². The van der Waals surface area contributed by atoms with E-state index in [1.807, 2.05) is 37.4 Å². The third kappa shape index (κ3) is 3.55. The van der Waals surface area contributed by atoms with Crippen LogP contribution in [0.25, 0.3) is 0 Å². The van der Waals surface area contributed by atoms with Crippen molar-refractivity contribution in [1.82, 2.24) is 10.2 Å². The lowest BCUT2D eigenvalue weighted by Gasteiger charge is -2.23. The van der Waals surface area contributed by atoms with Gasteiger partial charge in [-0.1, -0.05) is 12.1 Å². The monoisotopic (exact) mass is 322 g/mol. The molecule has 0 spiro atoms. The first-order valence-corrected chi connectivity index (χ1v) is 8.51. The number of nitrogens with zero attached hydrogens (tertiary/aromatic N) is 1. The minimum absolute atomic E-state index is 0.111. The Labute approximate surface area is 135 Å². The predicted octanol–water partition coefficient (Wildman–Crippen LogP) is 2.98. The molecule has 1 aromatic rings. The van der Waals surface area contributed by atoms with E-state index in [0.717, 1.165) is 5.56 Å². The Hall–Kier alpha value is -1.69. The van der Waals surface area contributed by atoms with Gasteiger partial charge < -0.3 is 15.3 Å². The molecule has 6 heteroatoms. The van der Waals surface area contributed by atoms with Gasteiger partial charge in [-0.25, -0.2) is 4.79 Å². The molecule has 22 heavy (non-hydrogen) atoms. The van der Waals surface area contributed by atoms with Crippen LogP contribution >= 0.6 is 11.8 Å². The van der Waals surface area contributed by atoms with Gasteiger partial charge in [0.2, 0.25) is 0 Å². The Morgan fingerprint density at radius 1 is 1.36 bits per heavy atom. The number of hydrogen-bond donors (Lipinski definition) is 2. The van der Waals surface area contributed by atoms with Crippen molar-refractivity contribution in [2.24, 2.45) is 5.41 Å². The number of carboxylic acids is 1.